The Morgan fingerprint density at radius 2 is 1.88 bits per heavy atom. The summed E-state index contributed by atoms with van der Waals surface area (Å²) in [5, 5.41) is 13.1. The maximum absolute atomic E-state index is 11.8. The molecule has 7 nitrogen and oxygen atoms in total. The fourth-order valence-corrected chi connectivity index (χ4v) is 2.20. The molecule has 2 aromatic rings. The van der Waals surface area contributed by atoms with Gasteiger partial charge < -0.3 is 10.1 Å². The average Bonchev–Trinajstić information content (AvgIpc) is 2.57. The molecule has 0 saturated heterocycles. The van der Waals surface area contributed by atoms with Gasteiger partial charge >= 0.3 is 5.97 Å². The first kappa shape index (κ1) is 18.4. The molecule has 0 saturated carbocycles. The zero-order chi connectivity index (χ0) is 18.4. The Morgan fingerprint density at radius 1 is 1.20 bits per heavy atom. The predicted octanol–water partition coefficient (Wildman–Crippen LogP) is 3.28. The molecule has 2 aromatic carbocycles. The second kappa shape index (κ2) is 8.25. The summed E-state index contributed by atoms with van der Waals surface area (Å²) >= 11 is 5.87. The molecule has 0 heterocycles. The van der Waals surface area contributed by atoms with E-state index < -0.39 is 23.4 Å². The van der Waals surface area contributed by atoms with E-state index in [0.717, 1.165) is 17.2 Å². The summed E-state index contributed by atoms with van der Waals surface area (Å²) in [4.78, 5) is 33.6. The quantitative estimate of drug-likeness (QED) is 0.483. The van der Waals surface area contributed by atoms with Gasteiger partial charge in [0.05, 0.1) is 22.1 Å². The number of rotatable bonds is 6. The third-order valence-corrected chi connectivity index (χ3v) is 3.58. The van der Waals surface area contributed by atoms with Crippen LogP contribution in [-0.4, -0.2) is 23.4 Å². The van der Waals surface area contributed by atoms with Gasteiger partial charge in [-0.2, -0.15) is 0 Å². The van der Waals surface area contributed by atoms with Crippen LogP contribution < -0.4 is 5.32 Å². The SMILES string of the molecule is Cc1ccc(CC(=O)OCC(=O)Nc2ccc([N+](=O)[O-])cc2Cl)cc1. The number of nitrogens with one attached hydrogen (secondary N) is 1. The lowest BCUT2D eigenvalue weighted by Gasteiger charge is -2.08. The molecule has 2 rings (SSSR count). The highest BCUT2D eigenvalue weighted by atomic mass is 35.5. The Kier molecular flexibility index (Phi) is 6.08. The van der Waals surface area contributed by atoms with Gasteiger partial charge in [-0.1, -0.05) is 41.4 Å². The number of aryl methyl sites for hydroxylation is 1. The summed E-state index contributed by atoms with van der Waals surface area (Å²) in [6.45, 7) is 1.47. The summed E-state index contributed by atoms with van der Waals surface area (Å²) in [6, 6.07) is 11.0. The van der Waals surface area contributed by atoms with Gasteiger partial charge in [0.25, 0.3) is 11.6 Å². The number of non-ortho nitro benzene ring substituents is 1. The number of nitrogens with zero attached hydrogens (tertiary/aromatic N) is 1. The third kappa shape index (κ3) is 5.58. The van der Waals surface area contributed by atoms with Crippen LogP contribution in [0.25, 0.3) is 0 Å². The minimum atomic E-state index is -0.593. The molecule has 8 heteroatoms. The van der Waals surface area contributed by atoms with E-state index in [1.54, 1.807) is 0 Å². The summed E-state index contributed by atoms with van der Waals surface area (Å²) in [6.07, 6.45) is 0.0614. The van der Waals surface area contributed by atoms with E-state index in [9.17, 15) is 19.7 Å². The van der Waals surface area contributed by atoms with Crippen LogP contribution in [0.4, 0.5) is 11.4 Å². The van der Waals surface area contributed by atoms with Crippen molar-refractivity contribution in [1.82, 2.24) is 0 Å². The Labute approximate surface area is 148 Å². The van der Waals surface area contributed by atoms with E-state index in [0.29, 0.717) is 0 Å². The Morgan fingerprint density at radius 3 is 2.48 bits per heavy atom. The van der Waals surface area contributed by atoms with Crippen LogP contribution >= 0.6 is 11.6 Å². The third-order valence-electron chi connectivity index (χ3n) is 3.27. The lowest BCUT2D eigenvalue weighted by Crippen LogP contribution is -2.21. The summed E-state index contributed by atoms with van der Waals surface area (Å²) < 4.78 is 4.91. The van der Waals surface area contributed by atoms with Crippen molar-refractivity contribution in [2.75, 3.05) is 11.9 Å². The fourth-order valence-electron chi connectivity index (χ4n) is 1.97. The van der Waals surface area contributed by atoms with Crippen molar-refractivity contribution < 1.29 is 19.2 Å². The molecular formula is C17H15ClN2O5. The van der Waals surface area contributed by atoms with Crippen molar-refractivity contribution in [1.29, 1.82) is 0 Å². The molecule has 0 atom stereocenters. The monoisotopic (exact) mass is 362 g/mol. The van der Waals surface area contributed by atoms with E-state index in [-0.39, 0.29) is 22.8 Å². The van der Waals surface area contributed by atoms with E-state index >= 15 is 0 Å². The Bertz CT molecular complexity index is 805. The van der Waals surface area contributed by atoms with Crippen molar-refractivity contribution in [2.45, 2.75) is 13.3 Å². The maximum Gasteiger partial charge on any atom is 0.310 e. The molecule has 0 aliphatic heterocycles. The number of amides is 1. The lowest BCUT2D eigenvalue weighted by molar-refractivity contribution is -0.384. The van der Waals surface area contributed by atoms with Crippen LogP contribution in [0.15, 0.2) is 42.5 Å². The zero-order valence-corrected chi connectivity index (χ0v) is 14.1. The molecule has 1 N–H and O–H groups in total. The van der Waals surface area contributed by atoms with Crippen LogP contribution in [0.5, 0.6) is 0 Å². The molecule has 0 spiro atoms. The largest absolute Gasteiger partial charge is 0.455 e. The fraction of sp³-hybridized carbons (Fsp3) is 0.176. The standard InChI is InChI=1S/C17H15ClN2O5/c1-11-2-4-12(5-3-11)8-17(22)25-10-16(21)19-15-7-6-13(20(23)24)9-14(15)18/h2-7,9H,8,10H2,1H3,(H,19,21). The molecule has 0 unspecified atom stereocenters. The van der Waals surface area contributed by atoms with Gasteiger partial charge in [-0.25, -0.2) is 0 Å². The van der Waals surface area contributed by atoms with Crippen molar-refractivity contribution in [3.8, 4) is 0 Å². The van der Waals surface area contributed by atoms with Crippen LogP contribution in [-0.2, 0) is 20.7 Å². The number of carbonyl (C=O) groups is 2. The first-order chi connectivity index (χ1) is 11.8. The molecule has 0 aliphatic carbocycles. The molecular weight excluding hydrogens is 348 g/mol. The Hall–Kier alpha value is -2.93. The van der Waals surface area contributed by atoms with Gasteiger partial charge in [-0.15, -0.1) is 0 Å². The number of hydrogen-bond donors (Lipinski definition) is 1. The number of hydrogen-bond acceptors (Lipinski definition) is 5. The number of esters is 1. The van der Waals surface area contributed by atoms with Crippen molar-refractivity contribution in [3.05, 3.63) is 68.7 Å². The van der Waals surface area contributed by atoms with Crippen LogP contribution in [0, 0.1) is 17.0 Å². The number of carbonyl (C=O) groups excluding carboxylic acids is 2. The van der Waals surface area contributed by atoms with Gasteiger partial charge in [0.2, 0.25) is 0 Å². The second-order valence-corrected chi connectivity index (χ2v) is 5.70. The first-order valence-electron chi connectivity index (χ1n) is 7.30. The second-order valence-electron chi connectivity index (χ2n) is 5.29. The van der Waals surface area contributed by atoms with Gasteiger partial charge in [0.15, 0.2) is 6.61 Å². The number of benzene rings is 2. The van der Waals surface area contributed by atoms with E-state index in [1.165, 1.54) is 12.1 Å². The topological polar surface area (TPSA) is 98.5 Å². The van der Waals surface area contributed by atoms with E-state index in [2.05, 4.69) is 5.32 Å². The minimum Gasteiger partial charge on any atom is -0.455 e. The van der Waals surface area contributed by atoms with Crippen LogP contribution in [0.2, 0.25) is 5.02 Å². The van der Waals surface area contributed by atoms with Gasteiger partial charge in [0.1, 0.15) is 0 Å². The molecule has 0 bridgehead atoms. The maximum atomic E-state index is 11.8. The van der Waals surface area contributed by atoms with Crippen LogP contribution in [0.3, 0.4) is 0 Å². The first-order valence-corrected chi connectivity index (χ1v) is 7.68. The van der Waals surface area contributed by atoms with Crippen molar-refractivity contribution in [2.24, 2.45) is 0 Å². The number of nitro benzene ring substituents is 1. The smallest absolute Gasteiger partial charge is 0.310 e. The molecule has 130 valence electrons. The highest BCUT2D eigenvalue weighted by Gasteiger charge is 2.13. The number of anilines is 1. The van der Waals surface area contributed by atoms with Crippen molar-refractivity contribution in [3.63, 3.8) is 0 Å². The Balaban J connectivity index is 1.85. The lowest BCUT2D eigenvalue weighted by atomic mass is 10.1. The molecule has 0 fully saturated rings. The van der Waals surface area contributed by atoms with E-state index in [1.807, 2.05) is 31.2 Å². The highest BCUT2D eigenvalue weighted by molar-refractivity contribution is 6.34. The van der Waals surface area contributed by atoms with Gasteiger partial charge in [-0.05, 0) is 18.6 Å². The summed E-state index contributed by atoms with van der Waals surface area (Å²) in [7, 11) is 0. The normalized spacial score (nSPS) is 10.2. The molecule has 0 aromatic heterocycles. The van der Waals surface area contributed by atoms with Gasteiger partial charge in [-0.3, -0.25) is 19.7 Å². The van der Waals surface area contributed by atoms with Crippen molar-refractivity contribution >= 4 is 34.9 Å². The zero-order valence-electron chi connectivity index (χ0n) is 13.3. The number of halogens is 1. The summed E-state index contributed by atoms with van der Waals surface area (Å²) in [5.41, 5.74) is 1.88. The molecule has 1 amide bonds. The molecule has 0 radical (unpaired) electrons. The van der Waals surface area contributed by atoms with Crippen LogP contribution in [0.1, 0.15) is 11.1 Å². The number of ether oxygens (including phenoxy) is 1. The predicted molar refractivity (Wildman–Crippen MR) is 92.6 cm³/mol. The molecule has 0 aliphatic rings. The number of nitro groups is 1. The highest BCUT2D eigenvalue weighted by Crippen LogP contribution is 2.26. The average molecular weight is 363 g/mol. The summed E-state index contributed by atoms with van der Waals surface area (Å²) in [5.74, 6) is -1.12. The minimum absolute atomic E-state index is 0.0218. The molecule has 25 heavy (non-hydrogen) atoms. The van der Waals surface area contributed by atoms with Gasteiger partial charge in [0, 0.05) is 12.1 Å². The van der Waals surface area contributed by atoms with E-state index in [4.69, 9.17) is 16.3 Å².